The lowest BCUT2D eigenvalue weighted by molar-refractivity contribution is -0.129. The van der Waals surface area contributed by atoms with Crippen LogP contribution in [0.1, 0.15) is 29.7 Å². The number of amides is 1. The smallest absolute Gasteiger partial charge is 0.243 e. The molecule has 0 spiro atoms. The molecule has 6 heteroatoms. The zero-order valence-electron chi connectivity index (χ0n) is 13.2. The van der Waals surface area contributed by atoms with E-state index in [-0.39, 0.29) is 12.2 Å². The van der Waals surface area contributed by atoms with Crippen LogP contribution in [0.25, 0.3) is 5.57 Å². The molecule has 0 saturated heterocycles. The van der Waals surface area contributed by atoms with Gasteiger partial charge in [0.25, 0.3) is 0 Å². The summed E-state index contributed by atoms with van der Waals surface area (Å²) in [5, 5.41) is 8.60. The normalized spacial score (nSPS) is 11.4. The topological polar surface area (TPSA) is 62.2 Å². The van der Waals surface area contributed by atoms with E-state index in [1.54, 1.807) is 18.5 Å². The van der Waals surface area contributed by atoms with E-state index in [1.165, 1.54) is 18.2 Å². The predicted molar refractivity (Wildman–Crippen MR) is 86.2 cm³/mol. The van der Waals surface area contributed by atoms with E-state index < -0.39 is 11.7 Å². The molecule has 24 heavy (non-hydrogen) atoms. The molecule has 0 aliphatic carbocycles. The van der Waals surface area contributed by atoms with Crippen molar-refractivity contribution >= 4 is 11.5 Å². The summed E-state index contributed by atoms with van der Waals surface area (Å²) in [6.45, 7) is 1.70. The van der Waals surface area contributed by atoms with E-state index in [0.29, 0.717) is 24.1 Å². The summed E-state index contributed by atoms with van der Waals surface area (Å²) in [4.78, 5) is 15.3. The highest BCUT2D eigenvalue weighted by molar-refractivity contribution is 5.77. The lowest BCUT2D eigenvalue weighted by atomic mass is 10.00. The van der Waals surface area contributed by atoms with Crippen molar-refractivity contribution in [1.82, 2.24) is 10.5 Å². The van der Waals surface area contributed by atoms with Gasteiger partial charge in [0, 0.05) is 6.42 Å². The van der Waals surface area contributed by atoms with Crippen LogP contribution in [0.5, 0.6) is 0 Å². The number of halogens is 2. The quantitative estimate of drug-likeness (QED) is 0.628. The number of hydroxylamine groups is 1. The predicted octanol–water partition coefficient (Wildman–Crippen LogP) is 3.58. The number of pyridine rings is 1. The molecule has 0 bridgehead atoms. The van der Waals surface area contributed by atoms with Gasteiger partial charge in [-0.25, -0.2) is 14.3 Å². The van der Waals surface area contributed by atoms with Crippen LogP contribution in [-0.4, -0.2) is 16.1 Å². The van der Waals surface area contributed by atoms with E-state index in [4.69, 9.17) is 5.21 Å². The van der Waals surface area contributed by atoms with Crippen LogP contribution in [-0.2, 0) is 11.2 Å². The fraction of sp³-hybridized carbons (Fsp3) is 0.222. The Kier molecular flexibility index (Phi) is 6.14. The number of allylic oxidation sites excluding steroid dienone is 2. The number of hydrogen-bond acceptors (Lipinski definition) is 3. The van der Waals surface area contributed by atoms with Crippen molar-refractivity contribution in [3.63, 3.8) is 0 Å². The molecule has 0 saturated carbocycles. The molecule has 4 nitrogen and oxygen atoms in total. The third-order valence-electron chi connectivity index (χ3n) is 3.75. The number of aromatic nitrogens is 1. The Morgan fingerprint density at radius 1 is 1.25 bits per heavy atom. The van der Waals surface area contributed by atoms with Crippen LogP contribution in [0, 0.1) is 18.6 Å². The van der Waals surface area contributed by atoms with Gasteiger partial charge in [0.05, 0.1) is 11.9 Å². The summed E-state index contributed by atoms with van der Waals surface area (Å²) in [6.07, 6.45) is 3.77. The zero-order chi connectivity index (χ0) is 17.5. The first-order valence-corrected chi connectivity index (χ1v) is 7.49. The molecule has 0 fully saturated rings. The molecule has 0 atom stereocenters. The lowest BCUT2D eigenvalue weighted by Crippen LogP contribution is -2.18. The minimum absolute atomic E-state index is 0.0591. The second-order valence-corrected chi connectivity index (χ2v) is 5.35. The van der Waals surface area contributed by atoms with E-state index in [1.807, 2.05) is 12.1 Å². The minimum atomic E-state index is -0.523. The highest BCUT2D eigenvalue weighted by atomic mass is 19.1. The molecule has 126 valence electrons. The van der Waals surface area contributed by atoms with Gasteiger partial charge in [-0.2, -0.15) is 0 Å². The van der Waals surface area contributed by atoms with Crippen LogP contribution in [0.15, 0.2) is 42.6 Å². The van der Waals surface area contributed by atoms with Gasteiger partial charge in [-0.3, -0.25) is 15.0 Å². The first-order chi connectivity index (χ1) is 11.5. The second-order valence-electron chi connectivity index (χ2n) is 5.35. The fourth-order valence-corrected chi connectivity index (χ4v) is 2.31. The molecular formula is C18H18F2N2O2. The minimum Gasteiger partial charge on any atom is -0.289 e. The molecule has 0 unspecified atom stereocenters. The largest absolute Gasteiger partial charge is 0.289 e. The highest BCUT2D eigenvalue weighted by Crippen LogP contribution is 2.21. The average molecular weight is 332 g/mol. The number of nitrogens with one attached hydrogen (secondary N) is 1. The fourth-order valence-electron chi connectivity index (χ4n) is 2.31. The standard InChI is InChI=1S/C18H18F2N2O2/c1-12-13(3-2-4-16(12)20)5-6-14(7-10-18(23)22-24)17-9-8-15(19)11-21-17/h2-4,6,8-9,11,24H,5,7,10H2,1H3,(H,22,23)/b14-6+. The summed E-state index contributed by atoms with van der Waals surface area (Å²) < 4.78 is 26.7. The number of carbonyl (C=O) groups is 1. The third kappa shape index (κ3) is 4.70. The maximum atomic E-state index is 13.6. The molecule has 0 radical (unpaired) electrons. The van der Waals surface area contributed by atoms with Crippen molar-refractivity contribution in [3.8, 4) is 0 Å². The highest BCUT2D eigenvalue weighted by Gasteiger charge is 2.09. The zero-order valence-corrected chi connectivity index (χ0v) is 13.2. The van der Waals surface area contributed by atoms with Crippen LogP contribution in [0.4, 0.5) is 8.78 Å². The Labute approximate surface area is 138 Å². The summed E-state index contributed by atoms with van der Waals surface area (Å²) in [5.74, 6) is -1.25. The van der Waals surface area contributed by atoms with Gasteiger partial charge in [-0.05, 0) is 54.7 Å². The lowest BCUT2D eigenvalue weighted by Gasteiger charge is -2.09. The first kappa shape index (κ1) is 17.7. The molecule has 1 heterocycles. The van der Waals surface area contributed by atoms with Crippen molar-refractivity contribution in [2.45, 2.75) is 26.2 Å². The maximum Gasteiger partial charge on any atom is 0.243 e. The van der Waals surface area contributed by atoms with E-state index in [2.05, 4.69) is 4.98 Å². The molecule has 2 aromatic rings. The number of hydrogen-bond donors (Lipinski definition) is 2. The third-order valence-corrected chi connectivity index (χ3v) is 3.75. The molecule has 2 rings (SSSR count). The van der Waals surface area contributed by atoms with Gasteiger partial charge >= 0.3 is 0 Å². The summed E-state index contributed by atoms with van der Waals surface area (Å²) >= 11 is 0. The van der Waals surface area contributed by atoms with Gasteiger partial charge in [0.15, 0.2) is 0 Å². The maximum absolute atomic E-state index is 13.6. The summed E-state index contributed by atoms with van der Waals surface area (Å²) in [5.41, 5.74) is 4.22. The second kappa shape index (κ2) is 8.31. The van der Waals surface area contributed by atoms with Gasteiger partial charge in [0.1, 0.15) is 11.6 Å². The van der Waals surface area contributed by atoms with E-state index >= 15 is 0 Å². The summed E-state index contributed by atoms with van der Waals surface area (Å²) in [6, 6.07) is 7.67. The van der Waals surface area contributed by atoms with Crippen molar-refractivity contribution in [2.75, 3.05) is 0 Å². The Hall–Kier alpha value is -2.60. The van der Waals surface area contributed by atoms with Gasteiger partial charge in [-0.1, -0.05) is 18.2 Å². The molecule has 1 amide bonds. The van der Waals surface area contributed by atoms with Crippen molar-refractivity contribution in [3.05, 3.63) is 71.1 Å². The van der Waals surface area contributed by atoms with Crippen molar-refractivity contribution in [1.29, 1.82) is 0 Å². The molecule has 1 aromatic heterocycles. The van der Waals surface area contributed by atoms with Crippen LogP contribution < -0.4 is 5.48 Å². The Balaban J connectivity index is 2.25. The van der Waals surface area contributed by atoms with Gasteiger partial charge < -0.3 is 0 Å². The average Bonchev–Trinajstić information content (AvgIpc) is 2.59. The monoisotopic (exact) mass is 332 g/mol. The number of nitrogens with zero attached hydrogens (tertiary/aromatic N) is 1. The number of benzene rings is 1. The van der Waals surface area contributed by atoms with Crippen LogP contribution in [0.3, 0.4) is 0 Å². The van der Waals surface area contributed by atoms with E-state index in [0.717, 1.165) is 17.3 Å². The molecule has 0 aliphatic rings. The Morgan fingerprint density at radius 3 is 2.71 bits per heavy atom. The van der Waals surface area contributed by atoms with Crippen molar-refractivity contribution in [2.24, 2.45) is 0 Å². The molecule has 1 aromatic carbocycles. The number of rotatable bonds is 6. The SMILES string of the molecule is Cc1c(F)cccc1C/C=C(\CCC(=O)NO)c1ccc(F)cn1. The van der Waals surface area contributed by atoms with Gasteiger partial charge in [0.2, 0.25) is 5.91 Å². The van der Waals surface area contributed by atoms with Crippen LogP contribution in [0.2, 0.25) is 0 Å². The first-order valence-electron chi connectivity index (χ1n) is 7.49. The van der Waals surface area contributed by atoms with E-state index in [9.17, 15) is 13.6 Å². The molecule has 0 aliphatic heterocycles. The molecule has 2 N–H and O–H groups in total. The van der Waals surface area contributed by atoms with Crippen LogP contribution >= 0.6 is 0 Å². The Bertz CT molecular complexity index is 743. The van der Waals surface area contributed by atoms with Crippen molar-refractivity contribution < 1.29 is 18.8 Å². The number of carbonyl (C=O) groups excluding carboxylic acids is 1. The Morgan fingerprint density at radius 2 is 2.04 bits per heavy atom. The summed E-state index contributed by atoms with van der Waals surface area (Å²) in [7, 11) is 0. The van der Waals surface area contributed by atoms with Gasteiger partial charge in [-0.15, -0.1) is 0 Å². The molecular weight excluding hydrogens is 314 g/mol.